The maximum Gasteiger partial charge on any atom is 0.0468 e. The summed E-state index contributed by atoms with van der Waals surface area (Å²) in [4.78, 5) is 0. The highest BCUT2D eigenvalue weighted by molar-refractivity contribution is 6.35. The predicted octanol–water partition coefficient (Wildman–Crippen LogP) is 3.03. The molecule has 0 saturated carbocycles. The van der Waals surface area contributed by atoms with Crippen molar-refractivity contribution >= 4 is 23.2 Å². The Kier molecular flexibility index (Phi) is 5.40. The van der Waals surface area contributed by atoms with Crippen LogP contribution < -0.4 is 5.32 Å². The normalized spacial score (nSPS) is 12.8. The van der Waals surface area contributed by atoms with E-state index in [-0.39, 0.29) is 12.6 Å². The first-order valence-electron chi connectivity index (χ1n) is 4.94. The van der Waals surface area contributed by atoms with Gasteiger partial charge in [0.15, 0.2) is 0 Å². The van der Waals surface area contributed by atoms with Crippen LogP contribution >= 0.6 is 23.2 Å². The number of aliphatic hydroxyl groups excluding tert-OH is 1. The van der Waals surface area contributed by atoms with E-state index in [1.165, 1.54) is 0 Å². The summed E-state index contributed by atoms with van der Waals surface area (Å²) in [5.41, 5.74) is 1.03. The third kappa shape index (κ3) is 3.99. The molecule has 0 heterocycles. The molecule has 1 atom stereocenters. The van der Waals surface area contributed by atoms with Gasteiger partial charge in [0.1, 0.15) is 0 Å². The first kappa shape index (κ1) is 12.8. The highest BCUT2D eigenvalue weighted by atomic mass is 35.5. The molecule has 0 amide bonds. The van der Waals surface area contributed by atoms with Gasteiger partial charge >= 0.3 is 0 Å². The quantitative estimate of drug-likeness (QED) is 0.785. The monoisotopic (exact) mass is 247 g/mol. The Bertz CT molecular complexity index is 317. The summed E-state index contributed by atoms with van der Waals surface area (Å²) in [7, 11) is 0. The summed E-state index contributed by atoms with van der Waals surface area (Å²) in [5.74, 6) is 0. The van der Waals surface area contributed by atoms with Crippen LogP contribution in [0.2, 0.25) is 10.0 Å². The Morgan fingerprint density at radius 2 is 2.13 bits per heavy atom. The summed E-state index contributed by atoms with van der Waals surface area (Å²) in [6.45, 7) is 3.01. The van der Waals surface area contributed by atoms with Crippen LogP contribution in [0.4, 0.5) is 0 Å². The zero-order chi connectivity index (χ0) is 11.3. The molecule has 1 aromatic rings. The van der Waals surface area contributed by atoms with E-state index >= 15 is 0 Å². The molecule has 2 nitrogen and oxygen atoms in total. The molecule has 1 aromatic carbocycles. The highest BCUT2D eigenvalue weighted by Crippen LogP contribution is 2.25. The maximum atomic E-state index is 8.66. The van der Waals surface area contributed by atoms with Gasteiger partial charge in [-0.3, -0.25) is 0 Å². The van der Waals surface area contributed by atoms with Crippen LogP contribution in [0, 0.1) is 0 Å². The molecule has 0 radical (unpaired) electrons. The largest absolute Gasteiger partial charge is 0.396 e. The lowest BCUT2D eigenvalue weighted by Crippen LogP contribution is -2.20. The van der Waals surface area contributed by atoms with Crippen LogP contribution in [0.1, 0.15) is 24.9 Å². The average molecular weight is 248 g/mol. The summed E-state index contributed by atoms with van der Waals surface area (Å²) < 4.78 is 0. The topological polar surface area (TPSA) is 32.3 Å². The number of rotatable bonds is 5. The van der Waals surface area contributed by atoms with Crippen LogP contribution in [-0.4, -0.2) is 18.3 Å². The lowest BCUT2D eigenvalue weighted by atomic mass is 10.1. The molecule has 0 bridgehead atoms. The predicted molar refractivity (Wildman–Crippen MR) is 64.6 cm³/mol. The first-order valence-corrected chi connectivity index (χ1v) is 5.70. The van der Waals surface area contributed by atoms with Crippen molar-refractivity contribution < 1.29 is 5.11 Å². The number of benzene rings is 1. The van der Waals surface area contributed by atoms with E-state index in [9.17, 15) is 0 Å². The van der Waals surface area contributed by atoms with Gasteiger partial charge in [0.25, 0.3) is 0 Å². The number of aliphatic hydroxyl groups is 1. The molecule has 0 aliphatic heterocycles. The number of halogens is 2. The molecule has 0 aromatic heterocycles. The molecule has 1 unspecified atom stereocenters. The Balaban J connectivity index is 2.61. The van der Waals surface area contributed by atoms with E-state index in [0.717, 1.165) is 18.5 Å². The van der Waals surface area contributed by atoms with Gasteiger partial charge in [0, 0.05) is 22.7 Å². The van der Waals surface area contributed by atoms with E-state index in [2.05, 4.69) is 5.32 Å². The van der Waals surface area contributed by atoms with Crippen molar-refractivity contribution in [3.63, 3.8) is 0 Å². The van der Waals surface area contributed by atoms with Crippen LogP contribution in [0.5, 0.6) is 0 Å². The summed E-state index contributed by atoms with van der Waals surface area (Å²) in [6, 6.07) is 5.65. The summed E-state index contributed by atoms with van der Waals surface area (Å²) in [6.07, 6.45) is 0.746. The number of nitrogens with one attached hydrogen (secondary N) is 1. The van der Waals surface area contributed by atoms with Crippen molar-refractivity contribution in [1.82, 2.24) is 5.32 Å². The zero-order valence-corrected chi connectivity index (χ0v) is 10.1. The van der Waals surface area contributed by atoms with Crippen molar-refractivity contribution in [1.29, 1.82) is 0 Å². The molecule has 0 saturated heterocycles. The Hall–Kier alpha value is -0.280. The van der Waals surface area contributed by atoms with Crippen LogP contribution in [-0.2, 0) is 0 Å². The standard InChI is InChI=1S/C11H15Cl2NO/c1-8(14-5-2-6-15)10-4-3-9(12)7-11(10)13/h3-4,7-8,14-15H,2,5-6H2,1H3. The van der Waals surface area contributed by atoms with Crippen LogP contribution in [0.15, 0.2) is 18.2 Å². The summed E-state index contributed by atoms with van der Waals surface area (Å²) >= 11 is 11.9. The Morgan fingerprint density at radius 1 is 1.40 bits per heavy atom. The van der Waals surface area contributed by atoms with Crippen LogP contribution in [0.25, 0.3) is 0 Å². The molecular formula is C11H15Cl2NO. The average Bonchev–Trinajstić information content (AvgIpc) is 2.17. The van der Waals surface area contributed by atoms with Gasteiger partial charge in [-0.15, -0.1) is 0 Å². The molecule has 0 aliphatic rings. The minimum absolute atomic E-state index is 0.168. The third-order valence-corrected chi connectivity index (χ3v) is 2.78. The van der Waals surface area contributed by atoms with Gasteiger partial charge in [0.2, 0.25) is 0 Å². The fraction of sp³-hybridized carbons (Fsp3) is 0.455. The molecule has 0 aliphatic carbocycles. The van der Waals surface area contributed by atoms with E-state index in [1.54, 1.807) is 6.07 Å². The van der Waals surface area contributed by atoms with Crippen molar-refractivity contribution in [2.75, 3.05) is 13.2 Å². The molecule has 0 spiro atoms. The smallest absolute Gasteiger partial charge is 0.0468 e. The second kappa shape index (κ2) is 6.33. The molecule has 2 N–H and O–H groups in total. The van der Waals surface area contributed by atoms with E-state index in [4.69, 9.17) is 28.3 Å². The second-order valence-electron chi connectivity index (χ2n) is 3.42. The molecule has 84 valence electrons. The molecule has 15 heavy (non-hydrogen) atoms. The Labute approximate surface area is 100 Å². The van der Waals surface area contributed by atoms with Gasteiger partial charge in [-0.05, 0) is 37.6 Å². The van der Waals surface area contributed by atoms with E-state index < -0.39 is 0 Å². The minimum atomic E-state index is 0.168. The van der Waals surface area contributed by atoms with Crippen molar-refractivity contribution in [3.05, 3.63) is 33.8 Å². The van der Waals surface area contributed by atoms with E-state index in [1.807, 2.05) is 19.1 Å². The van der Waals surface area contributed by atoms with Gasteiger partial charge < -0.3 is 10.4 Å². The fourth-order valence-corrected chi connectivity index (χ4v) is 1.93. The van der Waals surface area contributed by atoms with Gasteiger partial charge in [0.05, 0.1) is 0 Å². The zero-order valence-electron chi connectivity index (χ0n) is 8.63. The number of hydrogen-bond acceptors (Lipinski definition) is 2. The first-order chi connectivity index (χ1) is 7.15. The van der Waals surface area contributed by atoms with Crippen molar-refractivity contribution in [2.45, 2.75) is 19.4 Å². The SMILES string of the molecule is CC(NCCCO)c1ccc(Cl)cc1Cl. The minimum Gasteiger partial charge on any atom is -0.396 e. The molecule has 1 rings (SSSR count). The third-order valence-electron chi connectivity index (χ3n) is 2.21. The summed E-state index contributed by atoms with van der Waals surface area (Å²) in [5, 5.41) is 13.2. The Morgan fingerprint density at radius 3 is 2.73 bits per heavy atom. The fourth-order valence-electron chi connectivity index (χ4n) is 1.36. The van der Waals surface area contributed by atoms with E-state index in [0.29, 0.717) is 10.0 Å². The lowest BCUT2D eigenvalue weighted by molar-refractivity contribution is 0.284. The maximum absolute atomic E-state index is 8.66. The van der Waals surface area contributed by atoms with Gasteiger partial charge in [-0.2, -0.15) is 0 Å². The van der Waals surface area contributed by atoms with Crippen molar-refractivity contribution in [3.8, 4) is 0 Å². The second-order valence-corrected chi connectivity index (χ2v) is 4.26. The lowest BCUT2D eigenvalue weighted by Gasteiger charge is -2.15. The molecule has 4 heteroatoms. The van der Waals surface area contributed by atoms with Crippen LogP contribution in [0.3, 0.4) is 0 Å². The van der Waals surface area contributed by atoms with Gasteiger partial charge in [-0.25, -0.2) is 0 Å². The van der Waals surface area contributed by atoms with Gasteiger partial charge in [-0.1, -0.05) is 29.3 Å². The molecule has 0 fully saturated rings. The molecular weight excluding hydrogens is 233 g/mol. The highest BCUT2D eigenvalue weighted by Gasteiger charge is 2.08. The number of hydrogen-bond donors (Lipinski definition) is 2. The van der Waals surface area contributed by atoms with Crippen molar-refractivity contribution in [2.24, 2.45) is 0 Å².